The second-order valence-electron chi connectivity index (χ2n) is 3.38. The highest BCUT2D eigenvalue weighted by Gasteiger charge is 2.21. The van der Waals surface area contributed by atoms with E-state index in [-0.39, 0.29) is 5.56 Å². The molecule has 1 rings (SSSR count). The van der Waals surface area contributed by atoms with Crippen LogP contribution in [0.1, 0.15) is 24.1 Å². The van der Waals surface area contributed by atoms with Crippen molar-refractivity contribution in [1.29, 1.82) is 0 Å². The predicted molar refractivity (Wildman–Crippen MR) is 53.6 cm³/mol. The zero-order valence-corrected chi connectivity index (χ0v) is 8.73. The molecule has 0 aliphatic rings. The van der Waals surface area contributed by atoms with Gasteiger partial charge in [0.15, 0.2) is 0 Å². The summed E-state index contributed by atoms with van der Waals surface area (Å²) in [7, 11) is 0. The summed E-state index contributed by atoms with van der Waals surface area (Å²) in [5, 5.41) is 2.63. The molecule has 84 valence electrons. The van der Waals surface area contributed by atoms with Crippen molar-refractivity contribution in [2.24, 2.45) is 0 Å². The maximum absolute atomic E-state index is 13.2. The summed E-state index contributed by atoms with van der Waals surface area (Å²) in [6, 6.07) is 3.11. The molecule has 1 aromatic carbocycles. The normalized spacial score (nSPS) is 13.2. The topological polar surface area (TPSA) is 12.0 Å². The highest BCUT2D eigenvalue weighted by Crippen LogP contribution is 2.22. The van der Waals surface area contributed by atoms with Gasteiger partial charge in [0.25, 0.3) is 6.43 Å². The van der Waals surface area contributed by atoms with Crippen LogP contribution in [0, 0.1) is 12.7 Å². The van der Waals surface area contributed by atoms with E-state index in [1.54, 1.807) is 13.8 Å². The molecule has 1 unspecified atom stereocenters. The monoisotopic (exact) mass is 217 g/mol. The first kappa shape index (κ1) is 12.0. The quantitative estimate of drug-likeness (QED) is 0.817. The maximum Gasteiger partial charge on any atom is 0.257 e. The third-order valence-corrected chi connectivity index (χ3v) is 2.23. The molecule has 0 heterocycles. The molecule has 0 spiro atoms. The summed E-state index contributed by atoms with van der Waals surface area (Å²) in [6.07, 6.45) is -2.54. The molecule has 0 aliphatic carbocycles. The zero-order valence-electron chi connectivity index (χ0n) is 8.73. The molecular weight excluding hydrogens is 203 g/mol. The summed E-state index contributed by atoms with van der Waals surface area (Å²) >= 11 is 0. The van der Waals surface area contributed by atoms with Crippen LogP contribution in [0.3, 0.4) is 0 Å². The smallest absolute Gasteiger partial charge is 0.257 e. The van der Waals surface area contributed by atoms with Gasteiger partial charge in [-0.1, -0.05) is 19.1 Å². The van der Waals surface area contributed by atoms with Crippen molar-refractivity contribution in [3.05, 3.63) is 35.1 Å². The van der Waals surface area contributed by atoms with Crippen LogP contribution < -0.4 is 5.32 Å². The van der Waals surface area contributed by atoms with Gasteiger partial charge in [-0.15, -0.1) is 0 Å². The van der Waals surface area contributed by atoms with E-state index in [1.165, 1.54) is 12.1 Å². The van der Waals surface area contributed by atoms with Gasteiger partial charge in [0.1, 0.15) is 5.82 Å². The molecule has 1 nitrogen and oxygen atoms in total. The lowest BCUT2D eigenvalue weighted by molar-refractivity contribution is 0.0991. The Kier molecular flexibility index (Phi) is 4.15. The molecule has 1 atom stereocenters. The van der Waals surface area contributed by atoms with Crippen LogP contribution in [0.25, 0.3) is 0 Å². The Hall–Kier alpha value is -1.03. The molecule has 0 aromatic heterocycles. The van der Waals surface area contributed by atoms with Gasteiger partial charge in [-0.05, 0) is 30.7 Å². The van der Waals surface area contributed by atoms with Crippen LogP contribution in [-0.4, -0.2) is 13.0 Å². The first-order chi connectivity index (χ1) is 7.06. The largest absolute Gasteiger partial charge is 0.306 e. The maximum atomic E-state index is 13.2. The molecule has 4 heteroatoms. The fraction of sp³-hybridized carbons (Fsp3) is 0.455. The van der Waals surface area contributed by atoms with E-state index in [0.29, 0.717) is 12.1 Å². The minimum Gasteiger partial charge on any atom is -0.306 e. The van der Waals surface area contributed by atoms with E-state index in [9.17, 15) is 13.2 Å². The number of halogens is 3. The number of nitrogens with one attached hydrogen (secondary N) is 1. The molecule has 0 amide bonds. The Morgan fingerprint density at radius 2 is 2.00 bits per heavy atom. The average Bonchev–Trinajstić information content (AvgIpc) is 2.18. The van der Waals surface area contributed by atoms with Gasteiger partial charge >= 0.3 is 0 Å². The highest BCUT2D eigenvalue weighted by atomic mass is 19.3. The van der Waals surface area contributed by atoms with Crippen molar-refractivity contribution < 1.29 is 13.2 Å². The van der Waals surface area contributed by atoms with E-state index in [4.69, 9.17) is 0 Å². The van der Waals surface area contributed by atoms with Crippen LogP contribution >= 0.6 is 0 Å². The van der Waals surface area contributed by atoms with Gasteiger partial charge in [0.05, 0.1) is 6.04 Å². The zero-order chi connectivity index (χ0) is 11.4. The van der Waals surface area contributed by atoms with Crippen molar-refractivity contribution in [3.8, 4) is 0 Å². The lowest BCUT2D eigenvalue weighted by atomic mass is 10.1. The van der Waals surface area contributed by atoms with Crippen LogP contribution in [0.15, 0.2) is 18.2 Å². The molecule has 0 saturated carbocycles. The van der Waals surface area contributed by atoms with Crippen LogP contribution in [0.2, 0.25) is 0 Å². The van der Waals surface area contributed by atoms with Gasteiger partial charge in [-0.2, -0.15) is 0 Å². The van der Waals surface area contributed by atoms with Crippen molar-refractivity contribution in [3.63, 3.8) is 0 Å². The lowest BCUT2D eigenvalue weighted by Gasteiger charge is -2.17. The summed E-state index contributed by atoms with van der Waals surface area (Å²) in [5.74, 6) is -0.448. The van der Waals surface area contributed by atoms with Crippen molar-refractivity contribution in [1.82, 2.24) is 5.32 Å². The summed E-state index contributed by atoms with van der Waals surface area (Å²) in [5.41, 5.74) is 0.748. The van der Waals surface area contributed by atoms with E-state index in [2.05, 4.69) is 5.32 Å². The number of rotatable bonds is 4. The third kappa shape index (κ3) is 2.96. The van der Waals surface area contributed by atoms with Gasteiger partial charge in [-0.3, -0.25) is 0 Å². The number of alkyl halides is 2. The highest BCUT2D eigenvalue weighted by molar-refractivity contribution is 5.26. The van der Waals surface area contributed by atoms with Crippen molar-refractivity contribution >= 4 is 0 Å². The molecule has 1 N–H and O–H groups in total. The first-order valence-electron chi connectivity index (χ1n) is 4.83. The predicted octanol–water partition coefficient (Wildman–Crippen LogP) is 3.05. The molecule has 0 bridgehead atoms. The lowest BCUT2D eigenvalue weighted by Crippen LogP contribution is -2.27. The van der Waals surface area contributed by atoms with Crippen molar-refractivity contribution in [2.45, 2.75) is 26.3 Å². The van der Waals surface area contributed by atoms with Crippen LogP contribution in [0.5, 0.6) is 0 Å². The number of hydrogen-bond acceptors (Lipinski definition) is 1. The van der Waals surface area contributed by atoms with Crippen LogP contribution in [0.4, 0.5) is 13.2 Å². The Balaban J connectivity index is 2.95. The Bertz CT molecular complexity index is 326. The third-order valence-electron chi connectivity index (χ3n) is 2.23. The average molecular weight is 217 g/mol. The molecule has 0 aliphatic heterocycles. The summed E-state index contributed by atoms with van der Waals surface area (Å²) in [4.78, 5) is 0. The number of aryl methyl sites for hydroxylation is 1. The SMILES string of the molecule is CCNC(c1ccc(C)c(F)c1)C(F)F. The van der Waals surface area contributed by atoms with Gasteiger partial charge in [0, 0.05) is 0 Å². The molecule has 15 heavy (non-hydrogen) atoms. The molecular formula is C11H14F3N. The number of hydrogen-bond donors (Lipinski definition) is 1. The Morgan fingerprint density at radius 3 is 2.47 bits per heavy atom. The second-order valence-corrected chi connectivity index (χ2v) is 3.38. The van der Waals surface area contributed by atoms with Crippen LogP contribution in [-0.2, 0) is 0 Å². The first-order valence-corrected chi connectivity index (χ1v) is 4.83. The standard InChI is InChI=1S/C11H14F3N/c1-3-15-10(11(13)14)8-5-4-7(2)9(12)6-8/h4-6,10-11,15H,3H2,1-2H3. The van der Waals surface area contributed by atoms with Gasteiger partial charge in [-0.25, -0.2) is 13.2 Å². The molecule has 0 saturated heterocycles. The second kappa shape index (κ2) is 5.16. The van der Waals surface area contributed by atoms with E-state index in [1.807, 2.05) is 0 Å². The fourth-order valence-electron chi connectivity index (χ4n) is 1.37. The molecule has 0 radical (unpaired) electrons. The Labute approximate surface area is 87.3 Å². The number of benzene rings is 1. The minimum absolute atomic E-state index is 0.287. The van der Waals surface area contributed by atoms with E-state index < -0.39 is 18.3 Å². The molecule has 1 aromatic rings. The van der Waals surface area contributed by atoms with Gasteiger partial charge < -0.3 is 5.32 Å². The molecule has 0 fully saturated rings. The summed E-state index contributed by atoms with van der Waals surface area (Å²) in [6.45, 7) is 3.76. The summed E-state index contributed by atoms with van der Waals surface area (Å²) < 4.78 is 38.4. The van der Waals surface area contributed by atoms with Crippen molar-refractivity contribution in [2.75, 3.05) is 6.54 Å². The van der Waals surface area contributed by atoms with Gasteiger partial charge in [0.2, 0.25) is 0 Å². The Morgan fingerprint density at radius 1 is 1.33 bits per heavy atom. The van der Waals surface area contributed by atoms with E-state index >= 15 is 0 Å². The minimum atomic E-state index is -2.54. The fourth-order valence-corrected chi connectivity index (χ4v) is 1.37. The van der Waals surface area contributed by atoms with E-state index in [0.717, 1.165) is 6.07 Å².